The highest BCUT2D eigenvalue weighted by molar-refractivity contribution is 7.09. The number of hydrogen-bond donors (Lipinski definition) is 1. The Morgan fingerprint density at radius 1 is 1.50 bits per heavy atom. The van der Waals surface area contributed by atoms with Crippen LogP contribution in [0.3, 0.4) is 0 Å². The Morgan fingerprint density at radius 3 is 2.89 bits per heavy atom. The number of anilines is 1. The average Bonchev–Trinajstić information content (AvgIpc) is 2.75. The van der Waals surface area contributed by atoms with Crippen LogP contribution in [-0.4, -0.2) is 33.1 Å². The quantitative estimate of drug-likeness (QED) is 0.903. The number of aryl methyl sites for hydroxylation is 1. The number of carbonyl (C=O) groups is 1. The molecule has 0 spiro atoms. The first-order chi connectivity index (χ1) is 8.56. The lowest BCUT2D eigenvalue weighted by molar-refractivity contribution is 0.0690. The molecule has 0 bridgehead atoms. The lowest BCUT2D eigenvalue weighted by atomic mass is 10.4. The minimum atomic E-state index is -1.06. The molecule has 0 aliphatic carbocycles. The number of rotatable bonds is 4. The van der Waals surface area contributed by atoms with Crippen LogP contribution in [-0.2, 0) is 6.54 Å². The molecule has 0 atom stereocenters. The number of carboxylic acids is 1. The maximum atomic E-state index is 10.8. The number of aromatic nitrogens is 3. The Hall–Kier alpha value is -2.02. The smallest absolute Gasteiger partial charge is 0.354 e. The van der Waals surface area contributed by atoms with Gasteiger partial charge >= 0.3 is 5.97 Å². The summed E-state index contributed by atoms with van der Waals surface area (Å²) in [6, 6.07) is 1.37. The minimum Gasteiger partial charge on any atom is -0.477 e. The molecular formula is C11H12N4O2S. The summed E-state index contributed by atoms with van der Waals surface area (Å²) < 4.78 is 0. The van der Waals surface area contributed by atoms with E-state index < -0.39 is 5.97 Å². The first kappa shape index (κ1) is 12.4. The summed E-state index contributed by atoms with van der Waals surface area (Å²) in [5.41, 5.74) is 0.908. The van der Waals surface area contributed by atoms with Crippen LogP contribution in [0.2, 0.25) is 0 Å². The summed E-state index contributed by atoms with van der Waals surface area (Å²) in [6.45, 7) is 2.49. The second-order valence-corrected chi connectivity index (χ2v) is 4.82. The van der Waals surface area contributed by atoms with Crippen molar-refractivity contribution in [3.8, 4) is 0 Å². The number of carboxylic acid groups (broad SMARTS) is 1. The summed E-state index contributed by atoms with van der Waals surface area (Å²) in [5.74, 6) is -0.683. The maximum Gasteiger partial charge on any atom is 0.354 e. The molecule has 2 heterocycles. The maximum absolute atomic E-state index is 10.8. The largest absolute Gasteiger partial charge is 0.477 e. The van der Waals surface area contributed by atoms with Gasteiger partial charge in [0.15, 0.2) is 5.69 Å². The van der Waals surface area contributed by atoms with E-state index in [0.29, 0.717) is 12.5 Å². The number of aromatic carboxylic acids is 1. The van der Waals surface area contributed by atoms with Crippen molar-refractivity contribution in [2.45, 2.75) is 13.5 Å². The van der Waals surface area contributed by atoms with Crippen LogP contribution in [0.4, 0.5) is 5.95 Å². The van der Waals surface area contributed by atoms with Gasteiger partial charge in [-0.2, -0.15) is 0 Å². The van der Waals surface area contributed by atoms with Gasteiger partial charge in [-0.05, 0) is 13.0 Å². The van der Waals surface area contributed by atoms with Gasteiger partial charge in [-0.3, -0.25) is 0 Å². The van der Waals surface area contributed by atoms with Gasteiger partial charge in [0.25, 0.3) is 0 Å². The molecule has 0 amide bonds. The van der Waals surface area contributed by atoms with E-state index in [2.05, 4.69) is 15.0 Å². The highest BCUT2D eigenvalue weighted by Gasteiger charge is 2.11. The van der Waals surface area contributed by atoms with E-state index in [0.717, 1.165) is 10.7 Å². The molecule has 0 aliphatic rings. The molecule has 18 heavy (non-hydrogen) atoms. The first-order valence-corrected chi connectivity index (χ1v) is 6.12. The topological polar surface area (TPSA) is 79.2 Å². The summed E-state index contributed by atoms with van der Waals surface area (Å²) in [7, 11) is 1.80. The standard InChI is InChI=1S/C11H12N4O2S/c1-7-13-8(6-18-7)5-15(2)11-12-4-3-9(14-11)10(16)17/h3-4,6H,5H2,1-2H3,(H,16,17). The molecule has 0 saturated heterocycles. The van der Waals surface area contributed by atoms with Crippen LogP contribution in [0, 0.1) is 6.92 Å². The predicted octanol–water partition coefficient (Wildman–Crippen LogP) is 1.58. The molecule has 0 fully saturated rings. The Labute approximate surface area is 108 Å². The Morgan fingerprint density at radius 2 is 2.28 bits per heavy atom. The summed E-state index contributed by atoms with van der Waals surface area (Å²) >= 11 is 1.58. The van der Waals surface area contributed by atoms with Gasteiger partial charge in [-0.25, -0.2) is 19.7 Å². The number of hydrogen-bond acceptors (Lipinski definition) is 6. The highest BCUT2D eigenvalue weighted by Crippen LogP contribution is 2.13. The van der Waals surface area contributed by atoms with E-state index >= 15 is 0 Å². The molecule has 0 aromatic carbocycles. The zero-order valence-electron chi connectivity index (χ0n) is 9.99. The normalized spacial score (nSPS) is 10.3. The minimum absolute atomic E-state index is 0.0127. The third-order valence-corrected chi connectivity index (χ3v) is 3.09. The molecule has 0 aliphatic heterocycles. The molecule has 0 unspecified atom stereocenters. The zero-order valence-corrected chi connectivity index (χ0v) is 10.8. The Balaban J connectivity index is 2.15. The molecule has 2 rings (SSSR count). The molecule has 0 saturated carbocycles. The SMILES string of the molecule is Cc1nc(CN(C)c2nccc(C(=O)O)n2)cs1. The Kier molecular flexibility index (Phi) is 3.52. The van der Waals surface area contributed by atoms with E-state index in [4.69, 9.17) is 5.11 Å². The van der Waals surface area contributed by atoms with Crippen LogP contribution >= 0.6 is 11.3 Å². The lowest BCUT2D eigenvalue weighted by Gasteiger charge is -2.15. The van der Waals surface area contributed by atoms with Gasteiger partial charge < -0.3 is 10.0 Å². The highest BCUT2D eigenvalue weighted by atomic mass is 32.1. The van der Waals surface area contributed by atoms with Crippen LogP contribution < -0.4 is 4.90 Å². The fraction of sp³-hybridized carbons (Fsp3) is 0.273. The van der Waals surface area contributed by atoms with Crippen molar-refractivity contribution in [3.63, 3.8) is 0 Å². The Bertz CT molecular complexity index is 570. The van der Waals surface area contributed by atoms with Crippen LogP contribution in [0.1, 0.15) is 21.2 Å². The third-order valence-electron chi connectivity index (χ3n) is 2.27. The van der Waals surface area contributed by atoms with Gasteiger partial charge in [0.05, 0.1) is 17.2 Å². The van der Waals surface area contributed by atoms with E-state index in [1.165, 1.54) is 12.3 Å². The molecule has 6 nitrogen and oxygen atoms in total. The van der Waals surface area contributed by atoms with E-state index in [1.54, 1.807) is 23.3 Å². The fourth-order valence-corrected chi connectivity index (χ4v) is 2.05. The number of nitrogens with zero attached hydrogens (tertiary/aromatic N) is 4. The van der Waals surface area contributed by atoms with Crippen LogP contribution in [0.5, 0.6) is 0 Å². The summed E-state index contributed by atoms with van der Waals surface area (Å²) in [5, 5.41) is 11.8. The summed E-state index contributed by atoms with van der Waals surface area (Å²) in [4.78, 5) is 24.9. The van der Waals surface area contributed by atoms with Crippen molar-refractivity contribution in [3.05, 3.63) is 34.0 Å². The fourth-order valence-electron chi connectivity index (χ4n) is 1.45. The zero-order chi connectivity index (χ0) is 13.1. The lowest BCUT2D eigenvalue weighted by Crippen LogP contribution is -2.20. The first-order valence-electron chi connectivity index (χ1n) is 5.25. The molecule has 2 aromatic heterocycles. The third kappa shape index (κ3) is 2.80. The molecular weight excluding hydrogens is 252 g/mol. The van der Waals surface area contributed by atoms with Crippen molar-refractivity contribution >= 4 is 23.3 Å². The van der Waals surface area contributed by atoms with Crippen LogP contribution in [0.15, 0.2) is 17.6 Å². The van der Waals surface area contributed by atoms with Crippen molar-refractivity contribution < 1.29 is 9.90 Å². The van der Waals surface area contributed by atoms with Crippen molar-refractivity contribution in [1.29, 1.82) is 0 Å². The molecule has 1 N–H and O–H groups in total. The van der Waals surface area contributed by atoms with Gasteiger partial charge in [-0.1, -0.05) is 0 Å². The molecule has 7 heteroatoms. The van der Waals surface area contributed by atoms with Gasteiger partial charge in [-0.15, -0.1) is 11.3 Å². The van der Waals surface area contributed by atoms with E-state index in [-0.39, 0.29) is 5.69 Å². The van der Waals surface area contributed by atoms with Gasteiger partial charge in [0, 0.05) is 18.6 Å². The molecule has 2 aromatic rings. The van der Waals surface area contributed by atoms with Gasteiger partial charge in [0.2, 0.25) is 5.95 Å². The predicted molar refractivity (Wildman–Crippen MR) is 67.9 cm³/mol. The molecule has 0 radical (unpaired) electrons. The second kappa shape index (κ2) is 5.09. The summed E-state index contributed by atoms with van der Waals surface area (Å²) in [6.07, 6.45) is 1.44. The van der Waals surface area contributed by atoms with E-state index in [1.807, 2.05) is 12.3 Å². The number of thiazole rings is 1. The van der Waals surface area contributed by atoms with Crippen molar-refractivity contribution in [2.75, 3.05) is 11.9 Å². The van der Waals surface area contributed by atoms with E-state index in [9.17, 15) is 4.79 Å². The van der Waals surface area contributed by atoms with Crippen LogP contribution in [0.25, 0.3) is 0 Å². The van der Waals surface area contributed by atoms with Gasteiger partial charge in [0.1, 0.15) is 0 Å². The van der Waals surface area contributed by atoms with Crippen molar-refractivity contribution in [2.24, 2.45) is 0 Å². The molecule has 94 valence electrons. The average molecular weight is 264 g/mol. The monoisotopic (exact) mass is 264 g/mol. The van der Waals surface area contributed by atoms with Crippen molar-refractivity contribution in [1.82, 2.24) is 15.0 Å². The second-order valence-electron chi connectivity index (χ2n) is 3.76.